The van der Waals surface area contributed by atoms with Crippen LogP contribution < -0.4 is 5.32 Å². The van der Waals surface area contributed by atoms with Gasteiger partial charge in [-0.15, -0.1) is 0 Å². The maximum Gasteiger partial charge on any atom is 0.396 e. The third-order valence-electron chi connectivity index (χ3n) is 2.73. The van der Waals surface area contributed by atoms with Gasteiger partial charge in [-0.1, -0.05) is 25.9 Å². The molecule has 4 nitrogen and oxygen atoms in total. The van der Waals surface area contributed by atoms with Crippen LogP contribution in [0.3, 0.4) is 0 Å². The van der Waals surface area contributed by atoms with Crippen LogP contribution in [-0.2, 0) is 12.8 Å². The molecule has 0 saturated heterocycles. The lowest BCUT2D eigenvalue weighted by atomic mass is 10.0. The van der Waals surface area contributed by atoms with Crippen LogP contribution in [0, 0.1) is 5.92 Å². The molecule has 0 aliphatic heterocycles. The number of nitrogens with zero attached hydrogens (tertiary/aromatic N) is 2. The molecule has 7 heteroatoms. The molecule has 20 heavy (non-hydrogen) atoms. The Hall–Kier alpha value is -1.11. The van der Waals surface area contributed by atoms with Crippen LogP contribution in [-0.4, -0.2) is 28.9 Å². The van der Waals surface area contributed by atoms with Gasteiger partial charge in [0, 0.05) is 12.5 Å². The van der Waals surface area contributed by atoms with Crippen molar-refractivity contribution in [1.29, 1.82) is 0 Å². The van der Waals surface area contributed by atoms with E-state index in [2.05, 4.69) is 36.2 Å². The SMILES string of the molecule is CCCNC(Cc1nc(CC(F)(F)F)no1)CC(C)C. The molecule has 1 aromatic heterocycles. The van der Waals surface area contributed by atoms with Crippen LogP contribution in [0.2, 0.25) is 0 Å². The fraction of sp³-hybridized carbons (Fsp3) is 0.846. The van der Waals surface area contributed by atoms with Crippen LogP contribution in [0.25, 0.3) is 0 Å². The van der Waals surface area contributed by atoms with Crippen molar-refractivity contribution < 1.29 is 17.7 Å². The van der Waals surface area contributed by atoms with E-state index in [1.165, 1.54) is 0 Å². The Morgan fingerprint density at radius 1 is 1.30 bits per heavy atom. The maximum atomic E-state index is 12.2. The molecule has 0 bridgehead atoms. The zero-order valence-electron chi connectivity index (χ0n) is 12.1. The van der Waals surface area contributed by atoms with Crippen molar-refractivity contribution in [2.75, 3.05) is 6.54 Å². The fourth-order valence-electron chi connectivity index (χ4n) is 1.99. The van der Waals surface area contributed by atoms with Gasteiger partial charge in [0.15, 0.2) is 5.82 Å². The van der Waals surface area contributed by atoms with Crippen molar-refractivity contribution in [3.8, 4) is 0 Å². The lowest BCUT2D eigenvalue weighted by Crippen LogP contribution is -2.33. The van der Waals surface area contributed by atoms with Crippen LogP contribution in [0.15, 0.2) is 4.52 Å². The van der Waals surface area contributed by atoms with E-state index >= 15 is 0 Å². The molecule has 0 saturated carbocycles. The Balaban J connectivity index is 2.59. The third-order valence-corrected chi connectivity index (χ3v) is 2.73. The molecule has 0 aliphatic carbocycles. The van der Waals surface area contributed by atoms with Gasteiger partial charge in [0.1, 0.15) is 6.42 Å². The highest BCUT2D eigenvalue weighted by atomic mass is 19.4. The number of halogens is 3. The van der Waals surface area contributed by atoms with E-state index in [4.69, 9.17) is 4.52 Å². The summed E-state index contributed by atoms with van der Waals surface area (Å²) in [6.45, 7) is 7.13. The molecule has 0 radical (unpaired) electrons. The van der Waals surface area contributed by atoms with Crippen molar-refractivity contribution in [1.82, 2.24) is 15.5 Å². The Kier molecular flexibility index (Phi) is 6.45. The number of rotatable bonds is 8. The van der Waals surface area contributed by atoms with Crippen molar-refractivity contribution in [2.45, 2.75) is 58.7 Å². The number of hydrogen-bond donors (Lipinski definition) is 1. The highest BCUT2D eigenvalue weighted by molar-refractivity contribution is 4.91. The van der Waals surface area contributed by atoms with Crippen molar-refractivity contribution in [3.05, 3.63) is 11.7 Å². The van der Waals surface area contributed by atoms with Gasteiger partial charge in [-0.25, -0.2) is 0 Å². The van der Waals surface area contributed by atoms with Gasteiger partial charge in [-0.3, -0.25) is 0 Å². The molecular weight excluding hydrogens is 271 g/mol. The molecule has 0 spiro atoms. The second-order valence-corrected chi connectivity index (χ2v) is 5.38. The van der Waals surface area contributed by atoms with Crippen LogP contribution in [0.5, 0.6) is 0 Å². The molecule has 0 fully saturated rings. The molecule has 1 heterocycles. The van der Waals surface area contributed by atoms with E-state index in [1.54, 1.807) is 0 Å². The Labute approximate surface area is 117 Å². The first-order chi connectivity index (χ1) is 9.30. The van der Waals surface area contributed by atoms with E-state index in [0.717, 1.165) is 19.4 Å². The van der Waals surface area contributed by atoms with Gasteiger partial charge >= 0.3 is 6.18 Å². The molecular formula is C13H22F3N3O. The lowest BCUT2D eigenvalue weighted by molar-refractivity contribution is -0.128. The smallest absolute Gasteiger partial charge is 0.339 e. The maximum absolute atomic E-state index is 12.2. The van der Waals surface area contributed by atoms with E-state index in [-0.39, 0.29) is 17.8 Å². The van der Waals surface area contributed by atoms with Gasteiger partial charge in [-0.2, -0.15) is 18.2 Å². The zero-order chi connectivity index (χ0) is 15.2. The molecule has 1 N–H and O–H groups in total. The van der Waals surface area contributed by atoms with E-state index in [9.17, 15) is 13.2 Å². The lowest BCUT2D eigenvalue weighted by Gasteiger charge is -2.18. The number of aromatic nitrogens is 2. The number of alkyl halides is 3. The van der Waals surface area contributed by atoms with Crippen molar-refractivity contribution in [2.24, 2.45) is 5.92 Å². The largest absolute Gasteiger partial charge is 0.396 e. The van der Waals surface area contributed by atoms with Gasteiger partial charge in [0.2, 0.25) is 5.89 Å². The van der Waals surface area contributed by atoms with Crippen LogP contribution >= 0.6 is 0 Å². The molecule has 116 valence electrons. The Morgan fingerprint density at radius 3 is 2.55 bits per heavy atom. The average Bonchev–Trinajstić information content (AvgIpc) is 2.70. The molecule has 1 aromatic rings. The first kappa shape index (κ1) is 16.9. The summed E-state index contributed by atoms with van der Waals surface area (Å²) in [5.74, 6) is 0.451. The fourth-order valence-corrected chi connectivity index (χ4v) is 1.99. The standard InChI is InChI=1S/C13H22F3N3O/c1-4-5-17-10(6-9(2)3)7-12-18-11(19-20-12)8-13(14,15)16/h9-10,17H,4-8H2,1-3H3. The van der Waals surface area contributed by atoms with Crippen molar-refractivity contribution >= 4 is 0 Å². The topological polar surface area (TPSA) is 51.0 Å². The third kappa shape index (κ3) is 6.88. The van der Waals surface area contributed by atoms with E-state index < -0.39 is 12.6 Å². The summed E-state index contributed by atoms with van der Waals surface area (Å²) < 4.78 is 41.6. The highest BCUT2D eigenvalue weighted by Crippen LogP contribution is 2.20. The Morgan fingerprint density at radius 2 is 2.00 bits per heavy atom. The van der Waals surface area contributed by atoms with Crippen LogP contribution in [0.1, 0.15) is 45.3 Å². The predicted molar refractivity (Wildman–Crippen MR) is 69.3 cm³/mol. The first-order valence-corrected chi connectivity index (χ1v) is 6.91. The summed E-state index contributed by atoms with van der Waals surface area (Å²) in [6, 6.07) is 0.147. The van der Waals surface area contributed by atoms with Gasteiger partial charge < -0.3 is 9.84 Å². The second-order valence-electron chi connectivity index (χ2n) is 5.38. The molecule has 0 aromatic carbocycles. The summed E-state index contributed by atoms with van der Waals surface area (Å²) >= 11 is 0. The summed E-state index contributed by atoms with van der Waals surface area (Å²) in [4.78, 5) is 3.81. The van der Waals surface area contributed by atoms with Crippen molar-refractivity contribution in [3.63, 3.8) is 0 Å². The number of hydrogen-bond acceptors (Lipinski definition) is 4. The minimum Gasteiger partial charge on any atom is -0.339 e. The molecule has 1 unspecified atom stereocenters. The highest BCUT2D eigenvalue weighted by Gasteiger charge is 2.30. The quantitative estimate of drug-likeness (QED) is 0.800. The monoisotopic (exact) mass is 293 g/mol. The molecule has 0 aliphatic rings. The van der Waals surface area contributed by atoms with E-state index in [1.807, 2.05) is 0 Å². The first-order valence-electron chi connectivity index (χ1n) is 6.91. The molecule has 1 atom stereocenters. The predicted octanol–water partition coefficient (Wildman–Crippen LogP) is 3.13. The number of nitrogens with one attached hydrogen (secondary N) is 1. The summed E-state index contributed by atoms with van der Waals surface area (Å²) in [5.41, 5.74) is 0. The van der Waals surface area contributed by atoms with Crippen LogP contribution in [0.4, 0.5) is 13.2 Å². The second kappa shape index (κ2) is 7.61. The van der Waals surface area contributed by atoms with Gasteiger partial charge in [0.25, 0.3) is 0 Å². The summed E-state index contributed by atoms with van der Waals surface area (Å²) in [7, 11) is 0. The van der Waals surface area contributed by atoms with Gasteiger partial charge in [-0.05, 0) is 25.3 Å². The van der Waals surface area contributed by atoms with Gasteiger partial charge in [0.05, 0.1) is 0 Å². The van der Waals surface area contributed by atoms with E-state index in [0.29, 0.717) is 12.3 Å². The normalized spacial score (nSPS) is 13.9. The molecule has 1 rings (SSSR count). The molecule has 0 amide bonds. The Bertz CT molecular complexity index is 390. The minimum atomic E-state index is -4.31. The minimum absolute atomic E-state index is 0.147. The zero-order valence-corrected chi connectivity index (χ0v) is 12.1. The average molecular weight is 293 g/mol. The summed E-state index contributed by atoms with van der Waals surface area (Å²) in [6.07, 6.45) is -3.08. The summed E-state index contributed by atoms with van der Waals surface area (Å²) in [5, 5.41) is 6.74.